The van der Waals surface area contributed by atoms with E-state index in [1.165, 1.54) is 37.7 Å². The number of aryl methyl sites for hydroxylation is 1. The van der Waals surface area contributed by atoms with Crippen LogP contribution in [0.15, 0.2) is 51.9 Å². The van der Waals surface area contributed by atoms with Crippen LogP contribution in [0.3, 0.4) is 0 Å². The van der Waals surface area contributed by atoms with E-state index >= 15 is 0 Å². The lowest BCUT2D eigenvalue weighted by atomic mass is 9.55. The molecule has 4 aliphatic rings. The van der Waals surface area contributed by atoms with Crippen LogP contribution in [0.4, 0.5) is 0 Å². The van der Waals surface area contributed by atoms with Gasteiger partial charge < -0.3 is 9.47 Å². The molecule has 0 N–H and O–H groups in total. The van der Waals surface area contributed by atoms with E-state index in [1.54, 1.807) is 12.7 Å². The van der Waals surface area contributed by atoms with Crippen LogP contribution in [0.1, 0.15) is 55.2 Å². The van der Waals surface area contributed by atoms with E-state index in [4.69, 9.17) is 14.5 Å². The molecule has 0 bridgehead atoms. The van der Waals surface area contributed by atoms with E-state index in [1.807, 2.05) is 0 Å². The predicted molar refractivity (Wildman–Crippen MR) is 127 cm³/mol. The zero-order chi connectivity index (χ0) is 21.2. The molecule has 2 saturated carbocycles. The molecular weight excluding hydrogens is 450 g/mol. The number of halogens is 1. The van der Waals surface area contributed by atoms with Gasteiger partial charge in [-0.3, -0.25) is 4.99 Å². The third-order valence-electron chi connectivity index (χ3n) is 8.81. The van der Waals surface area contributed by atoms with Crippen molar-refractivity contribution in [2.24, 2.45) is 28.2 Å². The van der Waals surface area contributed by atoms with Gasteiger partial charge in [-0.2, -0.15) is 0 Å². The number of hydrogen-bond acceptors (Lipinski definition) is 3. The Morgan fingerprint density at radius 2 is 1.97 bits per heavy atom. The molecule has 0 saturated heterocycles. The van der Waals surface area contributed by atoms with Crippen molar-refractivity contribution in [1.29, 1.82) is 0 Å². The van der Waals surface area contributed by atoms with E-state index in [0.717, 1.165) is 40.1 Å². The Kier molecular flexibility index (Phi) is 4.72. The number of hydrogen-bond donors (Lipinski definition) is 0. The van der Waals surface area contributed by atoms with Gasteiger partial charge in [-0.15, -0.1) is 0 Å². The zero-order valence-corrected chi connectivity index (χ0v) is 19.9. The quantitative estimate of drug-likeness (QED) is 0.499. The van der Waals surface area contributed by atoms with Crippen molar-refractivity contribution in [3.8, 4) is 5.75 Å². The summed E-state index contributed by atoms with van der Waals surface area (Å²) < 4.78 is 13.3. The first kappa shape index (κ1) is 19.8. The number of benzene rings is 2. The number of nitrogens with zero attached hydrogens (tertiary/aromatic N) is 1. The molecule has 0 amide bonds. The molecule has 31 heavy (non-hydrogen) atoms. The van der Waals surface area contributed by atoms with Crippen LogP contribution < -0.4 is 4.74 Å². The van der Waals surface area contributed by atoms with Gasteiger partial charge in [0.15, 0.2) is 0 Å². The fourth-order valence-electron chi connectivity index (χ4n) is 7.33. The maximum Gasteiger partial charge on any atom is 0.216 e. The van der Waals surface area contributed by atoms with Crippen LogP contribution in [0.2, 0.25) is 0 Å². The summed E-state index contributed by atoms with van der Waals surface area (Å²) in [6.07, 6.45) is 6.56. The van der Waals surface area contributed by atoms with Gasteiger partial charge in [0.2, 0.25) is 5.90 Å². The minimum atomic E-state index is 0.256. The second-order valence-electron chi connectivity index (χ2n) is 10.2. The number of rotatable bonds is 2. The third-order valence-corrected chi connectivity index (χ3v) is 9.33. The molecule has 2 aromatic rings. The fourth-order valence-corrected chi connectivity index (χ4v) is 7.59. The highest BCUT2D eigenvalue weighted by atomic mass is 79.9. The lowest BCUT2D eigenvalue weighted by Gasteiger charge is -2.50. The van der Waals surface area contributed by atoms with Gasteiger partial charge >= 0.3 is 0 Å². The van der Waals surface area contributed by atoms with Crippen molar-refractivity contribution in [2.45, 2.75) is 51.0 Å². The second-order valence-corrected chi connectivity index (χ2v) is 11.1. The highest BCUT2D eigenvalue weighted by Gasteiger charge is 2.60. The van der Waals surface area contributed by atoms with E-state index in [0.29, 0.717) is 17.9 Å². The van der Waals surface area contributed by atoms with Gasteiger partial charge in [-0.05, 0) is 97.4 Å². The first-order chi connectivity index (χ1) is 15.1. The van der Waals surface area contributed by atoms with Crippen molar-refractivity contribution in [2.75, 3.05) is 13.7 Å². The molecule has 162 valence electrons. The number of aliphatic imine (C=N–C) groups is 1. The van der Waals surface area contributed by atoms with Crippen molar-refractivity contribution < 1.29 is 9.47 Å². The Balaban J connectivity index is 1.27. The van der Waals surface area contributed by atoms with Gasteiger partial charge in [0.1, 0.15) is 11.9 Å². The standard InChI is InChI=1S/C27H30BrNO2/c1-27-12-11-22-21-10-8-20(30-2)13-17(21)5-9-23(22)24(27)14-18-15-29-26(31-25(18)27)16-3-6-19(28)7-4-16/h3-4,6-8,10,13,18,22-25H,5,9,11-12,14-15H2,1-2H3/t18-,22-,23-,24+,25+,27+/m1/s1. The molecule has 6 atom stereocenters. The average Bonchev–Trinajstić information content (AvgIpc) is 3.11. The Morgan fingerprint density at radius 1 is 1.13 bits per heavy atom. The molecule has 0 radical (unpaired) electrons. The predicted octanol–water partition coefficient (Wildman–Crippen LogP) is 6.39. The summed E-state index contributed by atoms with van der Waals surface area (Å²) in [5, 5.41) is 0. The minimum absolute atomic E-state index is 0.256. The monoisotopic (exact) mass is 479 g/mol. The molecular formula is C27H30BrNO2. The molecule has 4 heteroatoms. The van der Waals surface area contributed by atoms with Crippen LogP contribution in [0.25, 0.3) is 0 Å². The maximum atomic E-state index is 6.71. The second kappa shape index (κ2) is 7.37. The number of ether oxygens (including phenoxy) is 2. The average molecular weight is 480 g/mol. The van der Waals surface area contributed by atoms with Gasteiger partial charge in [-0.25, -0.2) is 0 Å². The smallest absolute Gasteiger partial charge is 0.216 e. The van der Waals surface area contributed by atoms with Gasteiger partial charge in [0.05, 0.1) is 7.11 Å². The minimum Gasteiger partial charge on any atom is -0.497 e. The molecule has 2 fully saturated rings. The Morgan fingerprint density at radius 3 is 2.77 bits per heavy atom. The molecule has 1 heterocycles. The summed E-state index contributed by atoms with van der Waals surface area (Å²) in [5.41, 5.74) is 4.45. The van der Waals surface area contributed by atoms with Crippen molar-refractivity contribution >= 4 is 21.8 Å². The SMILES string of the molecule is COc1ccc2c(c1)CC[C@@H]1[C@@H]2CC[C@@]2(C)[C@H]1C[C@@H]1CN=C(c3ccc(Br)cc3)O[C@@H]12. The van der Waals surface area contributed by atoms with Crippen LogP contribution in [0.5, 0.6) is 5.75 Å². The largest absolute Gasteiger partial charge is 0.497 e. The molecule has 0 aromatic heterocycles. The molecule has 0 spiro atoms. The van der Waals surface area contributed by atoms with Crippen molar-refractivity contribution in [1.82, 2.24) is 0 Å². The Labute approximate surface area is 193 Å². The molecule has 0 unspecified atom stereocenters. The highest BCUT2D eigenvalue weighted by Crippen LogP contribution is 2.63. The lowest BCUT2D eigenvalue weighted by Crippen LogP contribution is -2.47. The van der Waals surface area contributed by atoms with Crippen LogP contribution in [-0.2, 0) is 11.2 Å². The first-order valence-electron chi connectivity index (χ1n) is 11.7. The van der Waals surface area contributed by atoms with Crippen molar-refractivity contribution in [3.63, 3.8) is 0 Å². The maximum absolute atomic E-state index is 6.71. The summed E-state index contributed by atoms with van der Waals surface area (Å²) >= 11 is 3.53. The number of methoxy groups -OCH3 is 1. The van der Waals surface area contributed by atoms with E-state index in [2.05, 4.69) is 65.3 Å². The van der Waals surface area contributed by atoms with Crippen LogP contribution in [0, 0.1) is 23.2 Å². The van der Waals surface area contributed by atoms with E-state index in [9.17, 15) is 0 Å². The third kappa shape index (κ3) is 3.08. The Hall–Kier alpha value is -1.81. The summed E-state index contributed by atoms with van der Waals surface area (Å²) in [4.78, 5) is 4.89. The van der Waals surface area contributed by atoms with Gasteiger partial charge in [-0.1, -0.05) is 28.9 Å². The normalized spacial score (nSPS) is 35.7. The van der Waals surface area contributed by atoms with E-state index in [-0.39, 0.29) is 5.41 Å². The molecule has 3 aliphatic carbocycles. The zero-order valence-electron chi connectivity index (χ0n) is 18.3. The lowest BCUT2D eigenvalue weighted by molar-refractivity contribution is -0.0278. The van der Waals surface area contributed by atoms with Gasteiger partial charge in [0, 0.05) is 27.9 Å². The summed E-state index contributed by atoms with van der Waals surface area (Å²) in [7, 11) is 1.77. The Bertz CT molecular complexity index is 1030. The van der Waals surface area contributed by atoms with Crippen molar-refractivity contribution in [3.05, 3.63) is 63.6 Å². The van der Waals surface area contributed by atoms with Crippen LogP contribution in [-0.4, -0.2) is 25.7 Å². The molecule has 1 aliphatic heterocycles. The summed E-state index contributed by atoms with van der Waals surface area (Å²) in [5.74, 6) is 4.60. The van der Waals surface area contributed by atoms with E-state index < -0.39 is 0 Å². The molecule has 3 nitrogen and oxygen atoms in total. The summed E-state index contributed by atoms with van der Waals surface area (Å²) in [6, 6.07) is 15.2. The summed E-state index contributed by atoms with van der Waals surface area (Å²) in [6.45, 7) is 3.43. The highest BCUT2D eigenvalue weighted by molar-refractivity contribution is 9.10. The van der Waals surface area contributed by atoms with Gasteiger partial charge in [0.25, 0.3) is 0 Å². The fraction of sp³-hybridized carbons (Fsp3) is 0.519. The topological polar surface area (TPSA) is 30.8 Å². The number of fused-ring (bicyclic) bond motifs is 7. The molecule has 2 aromatic carbocycles. The van der Waals surface area contributed by atoms with Crippen LogP contribution >= 0.6 is 15.9 Å². The first-order valence-corrected chi connectivity index (χ1v) is 12.5. The molecule has 6 rings (SSSR count).